The zero-order valence-corrected chi connectivity index (χ0v) is 10.9. The third-order valence-electron chi connectivity index (χ3n) is 2.58. The van der Waals surface area contributed by atoms with Gasteiger partial charge in [0, 0.05) is 5.69 Å². The molecule has 1 N–H and O–H groups in total. The van der Waals surface area contributed by atoms with Gasteiger partial charge in [0.05, 0.1) is 12.5 Å². The second-order valence-corrected chi connectivity index (χ2v) is 5.51. The summed E-state index contributed by atoms with van der Waals surface area (Å²) >= 11 is 11.6. The topological polar surface area (TPSA) is 38.3 Å². The zero-order chi connectivity index (χ0) is 12.5. The van der Waals surface area contributed by atoms with Crippen LogP contribution in [0.4, 0.5) is 5.69 Å². The minimum absolute atomic E-state index is 0.140. The second kappa shape index (κ2) is 4.75. The molecule has 0 bridgehead atoms. The molecule has 1 aromatic carbocycles. The van der Waals surface area contributed by atoms with Crippen molar-refractivity contribution in [3.63, 3.8) is 0 Å². The molecule has 1 aromatic rings. The summed E-state index contributed by atoms with van der Waals surface area (Å²) in [7, 11) is 0. The van der Waals surface area contributed by atoms with Crippen molar-refractivity contribution >= 4 is 34.8 Å². The fourth-order valence-electron chi connectivity index (χ4n) is 1.53. The Bertz CT molecular complexity index is 417. The van der Waals surface area contributed by atoms with Crippen molar-refractivity contribution in [2.24, 2.45) is 5.92 Å². The number of carbonyl (C=O) groups is 1. The molecule has 0 heterocycles. The number of nitrogens with one attached hydrogen (secondary N) is 1. The molecule has 3 nitrogen and oxygen atoms in total. The molecular weight excluding hydrogens is 261 g/mol. The van der Waals surface area contributed by atoms with E-state index in [1.165, 1.54) is 0 Å². The molecule has 0 saturated heterocycles. The van der Waals surface area contributed by atoms with Crippen molar-refractivity contribution in [1.82, 2.24) is 0 Å². The summed E-state index contributed by atoms with van der Waals surface area (Å²) in [5.74, 6) is 0.331. The van der Waals surface area contributed by atoms with Crippen LogP contribution in [-0.4, -0.2) is 16.8 Å². The Morgan fingerprint density at radius 3 is 2.53 bits per heavy atom. The third kappa shape index (κ3) is 3.05. The third-order valence-corrected chi connectivity index (χ3v) is 3.41. The molecule has 0 spiro atoms. The lowest BCUT2D eigenvalue weighted by Gasteiger charge is -2.07. The SMILES string of the molecule is CCOc1ccc(NC(=O)[C@H]2CC2(Cl)Cl)cc1. The van der Waals surface area contributed by atoms with E-state index in [0.717, 1.165) is 11.4 Å². The predicted octanol–water partition coefficient (Wildman–Crippen LogP) is 3.22. The first-order valence-corrected chi connectivity index (χ1v) is 6.20. The number of rotatable bonds is 4. The van der Waals surface area contributed by atoms with Gasteiger partial charge in [-0.3, -0.25) is 4.79 Å². The smallest absolute Gasteiger partial charge is 0.230 e. The van der Waals surface area contributed by atoms with E-state index < -0.39 is 4.33 Å². The molecule has 5 heteroatoms. The van der Waals surface area contributed by atoms with Crippen LogP contribution in [0.1, 0.15) is 13.3 Å². The number of hydrogen-bond donors (Lipinski definition) is 1. The summed E-state index contributed by atoms with van der Waals surface area (Å²) in [6, 6.07) is 7.19. The Morgan fingerprint density at radius 2 is 2.06 bits per heavy atom. The van der Waals surface area contributed by atoms with Crippen LogP contribution < -0.4 is 10.1 Å². The van der Waals surface area contributed by atoms with Crippen molar-refractivity contribution < 1.29 is 9.53 Å². The highest BCUT2D eigenvalue weighted by atomic mass is 35.5. The molecule has 1 amide bonds. The molecule has 0 unspecified atom stereocenters. The van der Waals surface area contributed by atoms with Gasteiger partial charge in [0.1, 0.15) is 10.1 Å². The molecule has 0 radical (unpaired) electrons. The lowest BCUT2D eigenvalue weighted by molar-refractivity contribution is -0.117. The van der Waals surface area contributed by atoms with Crippen LogP contribution in [0.2, 0.25) is 0 Å². The molecule has 1 aliphatic rings. The van der Waals surface area contributed by atoms with E-state index in [1.54, 1.807) is 24.3 Å². The summed E-state index contributed by atoms with van der Waals surface area (Å²) in [6.07, 6.45) is 0.513. The minimum atomic E-state index is -0.880. The van der Waals surface area contributed by atoms with Crippen molar-refractivity contribution in [2.75, 3.05) is 11.9 Å². The van der Waals surface area contributed by atoms with Gasteiger partial charge in [-0.15, -0.1) is 23.2 Å². The van der Waals surface area contributed by atoms with Gasteiger partial charge < -0.3 is 10.1 Å². The van der Waals surface area contributed by atoms with E-state index in [2.05, 4.69) is 5.32 Å². The van der Waals surface area contributed by atoms with Gasteiger partial charge in [0.25, 0.3) is 0 Å². The lowest BCUT2D eigenvalue weighted by Crippen LogP contribution is -2.16. The highest BCUT2D eigenvalue weighted by Crippen LogP contribution is 2.53. The number of alkyl halides is 2. The highest BCUT2D eigenvalue weighted by molar-refractivity contribution is 6.52. The van der Waals surface area contributed by atoms with Crippen LogP contribution in [0, 0.1) is 5.92 Å². The molecule has 92 valence electrons. The van der Waals surface area contributed by atoms with Crippen LogP contribution in [0.5, 0.6) is 5.75 Å². The van der Waals surface area contributed by atoms with E-state index in [4.69, 9.17) is 27.9 Å². The molecule has 0 aromatic heterocycles. The maximum Gasteiger partial charge on any atom is 0.230 e. The molecule has 1 aliphatic carbocycles. The average Bonchev–Trinajstić information content (AvgIpc) is 2.91. The van der Waals surface area contributed by atoms with Gasteiger partial charge >= 0.3 is 0 Å². The van der Waals surface area contributed by atoms with Gasteiger partial charge in [-0.1, -0.05) is 0 Å². The fourth-order valence-corrected chi connectivity index (χ4v) is 2.04. The maximum atomic E-state index is 11.7. The van der Waals surface area contributed by atoms with E-state index in [9.17, 15) is 4.79 Å². The van der Waals surface area contributed by atoms with Crippen molar-refractivity contribution in [3.05, 3.63) is 24.3 Å². The van der Waals surface area contributed by atoms with Crippen LogP contribution in [0.15, 0.2) is 24.3 Å². The van der Waals surface area contributed by atoms with Crippen LogP contribution in [0.3, 0.4) is 0 Å². The number of hydrogen-bond acceptors (Lipinski definition) is 2. The normalized spacial score (nSPS) is 20.8. The van der Waals surface area contributed by atoms with E-state index in [0.29, 0.717) is 13.0 Å². The Balaban J connectivity index is 1.93. The maximum absolute atomic E-state index is 11.7. The molecule has 1 fully saturated rings. The monoisotopic (exact) mass is 273 g/mol. The number of amides is 1. The van der Waals surface area contributed by atoms with E-state index >= 15 is 0 Å². The standard InChI is InChI=1S/C12H13Cl2NO2/c1-2-17-9-5-3-8(4-6-9)15-11(16)10-7-12(10,13)14/h3-6,10H,2,7H2,1H3,(H,15,16)/t10-/m1/s1. The van der Waals surface area contributed by atoms with Crippen LogP contribution in [0.25, 0.3) is 0 Å². The summed E-state index contributed by atoms with van der Waals surface area (Å²) < 4.78 is 4.42. The van der Waals surface area contributed by atoms with Crippen molar-refractivity contribution in [3.8, 4) is 5.75 Å². The van der Waals surface area contributed by atoms with Gasteiger partial charge in [-0.05, 0) is 37.6 Å². The van der Waals surface area contributed by atoms with E-state index in [-0.39, 0.29) is 11.8 Å². The van der Waals surface area contributed by atoms with Gasteiger partial charge in [-0.2, -0.15) is 0 Å². The Morgan fingerprint density at radius 1 is 1.47 bits per heavy atom. The number of ether oxygens (including phenoxy) is 1. The van der Waals surface area contributed by atoms with Crippen molar-refractivity contribution in [2.45, 2.75) is 17.7 Å². The summed E-state index contributed by atoms with van der Waals surface area (Å²) in [6.45, 7) is 2.54. The first kappa shape index (κ1) is 12.5. The summed E-state index contributed by atoms with van der Waals surface area (Å²) in [4.78, 5) is 11.7. The second-order valence-electron chi connectivity index (χ2n) is 3.96. The predicted molar refractivity (Wildman–Crippen MR) is 68.8 cm³/mol. The Kier molecular flexibility index (Phi) is 3.50. The van der Waals surface area contributed by atoms with Gasteiger partial charge in [-0.25, -0.2) is 0 Å². The Labute approximate surface area is 110 Å². The summed E-state index contributed by atoms with van der Waals surface area (Å²) in [5, 5.41) is 2.77. The largest absolute Gasteiger partial charge is 0.494 e. The van der Waals surface area contributed by atoms with Crippen LogP contribution in [-0.2, 0) is 4.79 Å². The molecule has 0 aliphatic heterocycles. The fraction of sp³-hybridized carbons (Fsp3) is 0.417. The first-order valence-electron chi connectivity index (χ1n) is 5.44. The number of carbonyl (C=O) groups excluding carboxylic acids is 1. The lowest BCUT2D eigenvalue weighted by atomic mass is 10.3. The number of halogens is 2. The molecule has 17 heavy (non-hydrogen) atoms. The molecule has 1 atom stereocenters. The minimum Gasteiger partial charge on any atom is -0.494 e. The number of anilines is 1. The number of benzene rings is 1. The zero-order valence-electron chi connectivity index (χ0n) is 9.37. The van der Waals surface area contributed by atoms with E-state index in [1.807, 2.05) is 6.92 Å². The van der Waals surface area contributed by atoms with Gasteiger partial charge in [0.2, 0.25) is 5.91 Å². The Hall–Kier alpha value is -0.930. The summed E-state index contributed by atoms with van der Waals surface area (Å²) in [5.41, 5.74) is 0.717. The average molecular weight is 274 g/mol. The molecule has 1 saturated carbocycles. The molecular formula is C12H13Cl2NO2. The highest BCUT2D eigenvalue weighted by Gasteiger charge is 2.56. The van der Waals surface area contributed by atoms with Gasteiger partial charge in [0.15, 0.2) is 0 Å². The molecule has 2 rings (SSSR count). The van der Waals surface area contributed by atoms with Crippen LogP contribution >= 0.6 is 23.2 Å². The quantitative estimate of drug-likeness (QED) is 0.856. The first-order chi connectivity index (χ1) is 8.03. The van der Waals surface area contributed by atoms with Crippen molar-refractivity contribution in [1.29, 1.82) is 0 Å².